The minimum absolute atomic E-state index is 0.121. The summed E-state index contributed by atoms with van der Waals surface area (Å²) in [7, 11) is 0. The van der Waals surface area contributed by atoms with Crippen LogP contribution in [0, 0.1) is 5.82 Å². The minimum Gasteiger partial charge on any atom is -0.451 e. The van der Waals surface area contributed by atoms with E-state index in [2.05, 4.69) is 9.97 Å². The molecule has 0 aliphatic rings. The summed E-state index contributed by atoms with van der Waals surface area (Å²) in [5, 5.41) is 0.121. The Balaban J connectivity index is 2.22. The van der Waals surface area contributed by atoms with Crippen molar-refractivity contribution in [2.75, 3.05) is 0 Å². The second kappa shape index (κ2) is 4.23. The van der Waals surface area contributed by atoms with Gasteiger partial charge in [-0.1, -0.05) is 12.1 Å². The third-order valence-electron chi connectivity index (χ3n) is 1.66. The van der Waals surface area contributed by atoms with Crippen molar-refractivity contribution in [2.45, 2.75) is 0 Å². The van der Waals surface area contributed by atoms with E-state index in [0.717, 1.165) is 0 Å². The summed E-state index contributed by atoms with van der Waals surface area (Å²) < 4.78 is 18.4. The quantitative estimate of drug-likeness (QED) is 0.736. The van der Waals surface area contributed by atoms with Crippen LogP contribution in [0.5, 0.6) is 11.5 Å². The molecule has 0 atom stereocenters. The van der Waals surface area contributed by atoms with E-state index in [1.54, 1.807) is 12.1 Å². The number of benzene rings is 1. The average Bonchev–Trinajstić information content (AvgIpc) is 2.25. The molecule has 76 valence electrons. The summed E-state index contributed by atoms with van der Waals surface area (Å²) in [6.45, 7) is 0. The Morgan fingerprint density at radius 1 is 1.13 bits per heavy atom. The van der Waals surface area contributed by atoms with Crippen molar-refractivity contribution >= 4 is 11.6 Å². The van der Waals surface area contributed by atoms with Gasteiger partial charge >= 0.3 is 0 Å². The number of para-hydroxylation sites is 1. The Hall–Kier alpha value is -1.68. The van der Waals surface area contributed by atoms with Gasteiger partial charge in [0.25, 0.3) is 0 Å². The lowest BCUT2D eigenvalue weighted by Gasteiger charge is -2.04. The third kappa shape index (κ3) is 2.41. The van der Waals surface area contributed by atoms with Gasteiger partial charge in [0.15, 0.2) is 17.3 Å². The van der Waals surface area contributed by atoms with E-state index in [9.17, 15) is 4.39 Å². The second-order valence-electron chi connectivity index (χ2n) is 2.72. The highest BCUT2D eigenvalue weighted by Crippen LogP contribution is 2.22. The first-order valence-electron chi connectivity index (χ1n) is 4.15. The maximum absolute atomic E-state index is 13.2. The molecule has 2 rings (SSSR count). The van der Waals surface area contributed by atoms with Crippen LogP contribution in [0.3, 0.4) is 0 Å². The normalized spacial score (nSPS) is 10.0. The highest BCUT2D eigenvalue weighted by atomic mass is 35.5. The third-order valence-corrected chi connectivity index (χ3v) is 1.86. The van der Waals surface area contributed by atoms with Crippen LogP contribution in [0.4, 0.5) is 4.39 Å². The van der Waals surface area contributed by atoms with Crippen LogP contribution in [0.25, 0.3) is 0 Å². The van der Waals surface area contributed by atoms with Crippen LogP contribution < -0.4 is 4.74 Å². The zero-order valence-electron chi connectivity index (χ0n) is 7.52. The molecule has 0 amide bonds. The van der Waals surface area contributed by atoms with Gasteiger partial charge in [0, 0.05) is 0 Å². The molecule has 0 bridgehead atoms. The van der Waals surface area contributed by atoms with E-state index in [1.165, 1.54) is 24.5 Å². The molecule has 0 saturated heterocycles. The molecule has 0 saturated carbocycles. The molecule has 3 nitrogen and oxygen atoms in total. The Bertz CT molecular complexity index is 461. The van der Waals surface area contributed by atoms with Crippen LogP contribution in [0.2, 0.25) is 5.28 Å². The summed E-state index contributed by atoms with van der Waals surface area (Å²) in [6.07, 6.45) is 2.75. The molecule has 0 aliphatic heterocycles. The van der Waals surface area contributed by atoms with Crippen LogP contribution >= 0.6 is 11.6 Å². The Kier molecular flexibility index (Phi) is 2.78. The van der Waals surface area contributed by atoms with Crippen molar-refractivity contribution in [3.8, 4) is 11.5 Å². The van der Waals surface area contributed by atoms with Crippen LogP contribution in [0.1, 0.15) is 0 Å². The van der Waals surface area contributed by atoms with Crippen molar-refractivity contribution in [3.05, 3.63) is 47.8 Å². The number of hydrogen-bond donors (Lipinski definition) is 0. The predicted molar refractivity (Wildman–Crippen MR) is 53.5 cm³/mol. The molecule has 0 fully saturated rings. The average molecular weight is 225 g/mol. The molecule has 1 aromatic carbocycles. The summed E-state index contributed by atoms with van der Waals surface area (Å²) in [5.74, 6) is 0.0281. The van der Waals surface area contributed by atoms with Crippen LogP contribution in [0.15, 0.2) is 36.7 Å². The predicted octanol–water partition coefficient (Wildman–Crippen LogP) is 3.06. The molecule has 15 heavy (non-hydrogen) atoms. The first-order chi connectivity index (χ1) is 7.25. The molecule has 0 spiro atoms. The summed E-state index contributed by atoms with van der Waals surface area (Å²) in [5.41, 5.74) is 0. The number of aromatic nitrogens is 2. The van der Waals surface area contributed by atoms with Crippen LogP contribution in [-0.2, 0) is 0 Å². The number of rotatable bonds is 2. The van der Waals surface area contributed by atoms with E-state index in [1.807, 2.05) is 0 Å². The van der Waals surface area contributed by atoms with Gasteiger partial charge in [0.05, 0.1) is 12.4 Å². The Labute approximate surface area is 90.5 Å². The van der Waals surface area contributed by atoms with E-state index in [-0.39, 0.29) is 11.0 Å². The van der Waals surface area contributed by atoms with Crippen molar-refractivity contribution in [3.63, 3.8) is 0 Å². The summed E-state index contributed by atoms with van der Waals surface area (Å²) in [4.78, 5) is 7.42. The largest absolute Gasteiger partial charge is 0.451 e. The number of nitrogens with zero attached hydrogens (tertiary/aromatic N) is 2. The van der Waals surface area contributed by atoms with Crippen LogP contribution in [-0.4, -0.2) is 9.97 Å². The fourth-order valence-corrected chi connectivity index (χ4v) is 1.11. The van der Waals surface area contributed by atoms with Crippen molar-refractivity contribution in [1.29, 1.82) is 0 Å². The Morgan fingerprint density at radius 3 is 2.47 bits per heavy atom. The van der Waals surface area contributed by atoms with Gasteiger partial charge in [-0.15, -0.1) is 0 Å². The monoisotopic (exact) mass is 224 g/mol. The lowest BCUT2D eigenvalue weighted by atomic mass is 10.3. The highest BCUT2D eigenvalue weighted by Gasteiger charge is 2.03. The summed E-state index contributed by atoms with van der Waals surface area (Å²) in [6, 6.07) is 6.09. The number of ether oxygens (including phenoxy) is 1. The molecule has 0 aliphatic carbocycles. The number of halogens is 2. The van der Waals surface area contributed by atoms with E-state index in [4.69, 9.17) is 16.3 Å². The Morgan fingerprint density at radius 2 is 1.80 bits per heavy atom. The second-order valence-corrected chi connectivity index (χ2v) is 3.06. The van der Waals surface area contributed by atoms with Gasteiger partial charge in [-0.2, -0.15) is 0 Å². The zero-order chi connectivity index (χ0) is 10.7. The molecule has 0 radical (unpaired) electrons. The topological polar surface area (TPSA) is 35.0 Å². The van der Waals surface area contributed by atoms with Crippen molar-refractivity contribution in [1.82, 2.24) is 9.97 Å². The molecule has 1 aromatic heterocycles. The van der Waals surface area contributed by atoms with Crippen molar-refractivity contribution < 1.29 is 9.13 Å². The molecular weight excluding hydrogens is 219 g/mol. The van der Waals surface area contributed by atoms with Crippen molar-refractivity contribution in [2.24, 2.45) is 0 Å². The van der Waals surface area contributed by atoms with E-state index >= 15 is 0 Å². The lowest BCUT2D eigenvalue weighted by molar-refractivity contribution is 0.438. The molecule has 2 aromatic rings. The van der Waals surface area contributed by atoms with E-state index in [0.29, 0.717) is 5.75 Å². The molecule has 0 N–H and O–H groups in total. The maximum Gasteiger partial charge on any atom is 0.222 e. The van der Waals surface area contributed by atoms with Gasteiger partial charge < -0.3 is 4.74 Å². The fraction of sp³-hybridized carbons (Fsp3) is 0. The van der Waals surface area contributed by atoms with Gasteiger partial charge in [-0.05, 0) is 23.7 Å². The zero-order valence-corrected chi connectivity index (χ0v) is 8.28. The first kappa shape index (κ1) is 9.86. The lowest BCUT2D eigenvalue weighted by Crippen LogP contribution is -1.89. The highest BCUT2D eigenvalue weighted by molar-refractivity contribution is 6.28. The summed E-state index contributed by atoms with van der Waals surface area (Å²) >= 11 is 5.49. The number of hydrogen-bond acceptors (Lipinski definition) is 3. The van der Waals surface area contributed by atoms with Gasteiger partial charge in [0.1, 0.15) is 0 Å². The molecular formula is C10H6ClFN2O. The first-order valence-corrected chi connectivity index (χ1v) is 4.53. The maximum atomic E-state index is 13.2. The van der Waals surface area contributed by atoms with Gasteiger partial charge in [0.2, 0.25) is 5.28 Å². The minimum atomic E-state index is -0.438. The molecule has 1 heterocycles. The fourth-order valence-electron chi connectivity index (χ4n) is 1.01. The SMILES string of the molecule is Fc1ccccc1Oc1cnc(Cl)nc1. The van der Waals surface area contributed by atoms with Gasteiger partial charge in [-0.25, -0.2) is 14.4 Å². The van der Waals surface area contributed by atoms with E-state index < -0.39 is 5.82 Å². The molecule has 0 unspecified atom stereocenters. The smallest absolute Gasteiger partial charge is 0.222 e. The molecule has 5 heteroatoms. The standard InChI is InChI=1S/C10H6ClFN2O/c11-10-13-5-7(6-14-10)15-9-4-2-1-3-8(9)12/h1-6H. The van der Waals surface area contributed by atoms with Gasteiger partial charge in [-0.3, -0.25) is 0 Å².